The van der Waals surface area contributed by atoms with Crippen molar-refractivity contribution in [1.82, 2.24) is 14.2 Å². The second-order valence-electron chi connectivity index (χ2n) is 7.85. The number of sulfonamides is 1. The van der Waals surface area contributed by atoms with Crippen LogP contribution in [-0.4, -0.2) is 48.9 Å². The Hall–Kier alpha value is -1.09. The molecule has 1 aliphatic heterocycles. The molecule has 1 amide bonds. The van der Waals surface area contributed by atoms with E-state index in [1.165, 1.54) is 35.8 Å². The van der Waals surface area contributed by atoms with Crippen LogP contribution < -0.4 is 11.1 Å². The molecular formula is C19H33ClN4O3S. The molecule has 1 unspecified atom stereocenters. The van der Waals surface area contributed by atoms with E-state index in [1.807, 2.05) is 0 Å². The van der Waals surface area contributed by atoms with Gasteiger partial charge < -0.3 is 15.6 Å². The molecular weight excluding hydrogens is 400 g/mol. The van der Waals surface area contributed by atoms with Crippen LogP contribution in [0.2, 0.25) is 0 Å². The molecule has 1 saturated carbocycles. The van der Waals surface area contributed by atoms with Gasteiger partial charge >= 0.3 is 0 Å². The summed E-state index contributed by atoms with van der Waals surface area (Å²) in [5, 5.41) is 3.04. The van der Waals surface area contributed by atoms with Gasteiger partial charge in [0.15, 0.2) is 0 Å². The minimum atomic E-state index is -3.54. The summed E-state index contributed by atoms with van der Waals surface area (Å²) in [6.45, 7) is 1.51. The summed E-state index contributed by atoms with van der Waals surface area (Å²) in [6, 6.07) is 1.43. The predicted molar refractivity (Wildman–Crippen MR) is 112 cm³/mol. The summed E-state index contributed by atoms with van der Waals surface area (Å²) < 4.78 is 28.8. The van der Waals surface area contributed by atoms with Crippen molar-refractivity contribution < 1.29 is 13.2 Å². The number of aromatic nitrogens is 1. The molecule has 3 N–H and O–H groups in total. The molecule has 0 spiro atoms. The molecule has 2 aliphatic rings. The Balaban J connectivity index is 0.00000280. The number of amides is 1. The van der Waals surface area contributed by atoms with E-state index in [9.17, 15) is 13.2 Å². The van der Waals surface area contributed by atoms with Gasteiger partial charge in [0, 0.05) is 38.9 Å². The molecule has 1 atom stereocenters. The molecule has 1 aromatic rings. The highest BCUT2D eigenvalue weighted by atomic mass is 35.5. The summed E-state index contributed by atoms with van der Waals surface area (Å²) in [4.78, 5) is 13.0. The molecule has 3 rings (SSSR count). The van der Waals surface area contributed by atoms with Gasteiger partial charge in [-0.1, -0.05) is 25.7 Å². The molecule has 9 heteroatoms. The van der Waals surface area contributed by atoms with E-state index in [0.717, 1.165) is 32.1 Å². The Bertz CT molecular complexity index is 753. The first-order valence-electron chi connectivity index (χ1n) is 10.1. The molecule has 0 bridgehead atoms. The van der Waals surface area contributed by atoms with Gasteiger partial charge in [0.05, 0.1) is 0 Å². The Labute approximate surface area is 174 Å². The lowest BCUT2D eigenvalue weighted by molar-refractivity contribution is 0.0907. The maximum absolute atomic E-state index is 12.9. The Morgan fingerprint density at radius 3 is 2.39 bits per heavy atom. The van der Waals surface area contributed by atoms with Crippen molar-refractivity contribution >= 4 is 28.3 Å². The fraction of sp³-hybridized carbons (Fsp3) is 0.737. The van der Waals surface area contributed by atoms with Gasteiger partial charge in [-0.05, 0) is 37.7 Å². The van der Waals surface area contributed by atoms with Crippen molar-refractivity contribution in [3.8, 4) is 0 Å². The third-order valence-electron chi connectivity index (χ3n) is 5.95. The van der Waals surface area contributed by atoms with E-state index in [-0.39, 0.29) is 29.3 Å². The summed E-state index contributed by atoms with van der Waals surface area (Å²) in [5.74, 6) is 0.156. The van der Waals surface area contributed by atoms with E-state index >= 15 is 0 Å². The fourth-order valence-electron chi connectivity index (χ4n) is 4.30. The summed E-state index contributed by atoms with van der Waals surface area (Å²) in [7, 11) is -1.83. The Kier molecular flexibility index (Phi) is 8.36. The van der Waals surface area contributed by atoms with Crippen LogP contribution in [0.25, 0.3) is 0 Å². The molecule has 1 aromatic heterocycles. The lowest BCUT2D eigenvalue weighted by atomic mass is 9.84. The monoisotopic (exact) mass is 432 g/mol. The van der Waals surface area contributed by atoms with Crippen LogP contribution in [0.4, 0.5) is 0 Å². The number of halogens is 1. The highest BCUT2D eigenvalue weighted by Gasteiger charge is 2.30. The number of nitrogens with one attached hydrogen (secondary N) is 1. The van der Waals surface area contributed by atoms with E-state index in [2.05, 4.69) is 5.32 Å². The van der Waals surface area contributed by atoms with Gasteiger partial charge in [-0.25, -0.2) is 8.42 Å². The smallest absolute Gasteiger partial charge is 0.268 e. The largest absolute Gasteiger partial charge is 0.346 e. The van der Waals surface area contributed by atoms with Gasteiger partial charge in [0.25, 0.3) is 5.91 Å². The zero-order chi connectivity index (χ0) is 19.4. The van der Waals surface area contributed by atoms with Crippen LogP contribution >= 0.6 is 12.4 Å². The number of hydrogen-bond acceptors (Lipinski definition) is 4. The fourth-order valence-corrected chi connectivity index (χ4v) is 5.89. The van der Waals surface area contributed by atoms with Crippen molar-refractivity contribution in [1.29, 1.82) is 0 Å². The number of rotatable bonds is 6. The molecule has 28 heavy (non-hydrogen) atoms. The number of piperidine rings is 1. The van der Waals surface area contributed by atoms with Gasteiger partial charge in [0.1, 0.15) is 10.6 Å². The third kappa shape index (κ3) is 5.09. The Morgan fingerprint density at radius 2 is 1.79 bits per heavy atom. The molecule has 1 aliphatic carbocycles. The molecule has 0 aromatic carbocycles. The number of hydrogen-bond donors (Lipinski definition) is 2. The van der Waals surface area contributed by atoms with Gasteiger partial charge in [-0.3, -0.25) is 4.79 Å². The molecule has 0 radical (unpaired) electrons. The highest BCUT2D eigenvalue weighted by molar-refractivity contribution is 7.89. The quantitative estimate of drug-likeness (QED) is 0.720. The molecule has 7 nitrogen and oxygen atoms in total. The lowest BCUT2D eigenvalue weighted by Gasteiger charge is -2.30. The molecule has 2 fully saturated rings. The Morgan fingerprint density at radius 1 is 1.18 bits per heavy atom. The van der Waals surface area contributed by atoms with E-state index in [0.29, 0.717) is 31.2 Å². The lowest BCUT2D eigenvalue weighted by Crippen LogP contribution is -2.46. The number of aryl methyl sites for hydroxylation is 1. The van der Waals surface area contributed by atoms with Crippen LogP contribution in [0.5, 0.6) is 0 Å². The number of nitrogens with zero attached hydrogens (tertiary/aromatic N) is 2. The third-order valence-corrected chi connectivity index (χ3v) is 7.82. The second-order valence-corrected chi connectivity index (χ2v) is 9.79. The zero-order valence-corrected chi connectivity index (χ0v) is 18.2. The van der Waals surface area contributed by atoms with Gasteiger partial charge in [-0.2, -0.15) is 4.31 Å². The van der Waals surface area contributed by atoms with E-state index in [1.54, 1.807) is 11.6 Å². The maximum Gasteiger partial charge on any atom is 0.268 e. The normalized spacial score (nSPS) is 20.4. The van der Waals surface area contributed by atoms with Crippen LogP contribution in [0.1, 0.15) is 61.9 Å². The topological polar surface area (TPSA) is 97.4 Å². The average Bonchev–Trinajstić information content (AvgIpc) is 3.10. The zero-order valence-electron chi connectivity index (χ0n) is 16.6. The first-order chi connectivity index (χ1) is 12.9. The molecule has 1 saturated heterocycles. The second kappa shape index (κ2) is 10.1. The predicted octanol–water partition coefficient (Wildman–Crippen LogP) is 2.26. The SMILES string of the molecule is Cl.Cn1cc(S(=O)(=O)N2CCCCC2)cc1C(=O)NC(CN)C1CCCCC1. The highest BCUT2D eigenvalue weighted by Crippen LogP contribution is 2.27. The maximum atomic E-state index is 12.9. The van der Waals surface area contributed by atoms with E-state index < -0.39 is 10.0 Å². The van der Waals surface area contributed by atoms with Crippen LogP contribution in [0.3, 0.4) is 0 Å². The number of carbonyl (C=O) groups excluding carboxylic acids is 1. The van der Waals surface area contributed by atoms with Gasteiger partial charge in [-0.15, -0.1) is 12.4 Å². The van der Waals surface area contributed by atoms with Crippen LogP contribution in [-0.2, 0) is 17.1 Å². The molecule has 2 heterocycles. The first-order valence-corrected chi connectivity index (χ1v) is 11.5. The van der Waals surface area contributed by atoms with Crippen LogP contribution in [0, 0.1) is 5.92 Å². The first kappa shape index (κ1) is 23.2. The summed E-state index contributed by atoms with van der Waals surface area (Å²) >= 11 is 0. The van der Waals surface area contributed by atoms with Gasteiger partial charge in [0.2, 0.25) is 10.0 Å². The van der Waals surface area contributed by atoms with E-state index in [4.69, 9.17) is 5.73 Å². The van der Waals surface area contributed by atoms with Crippen molar-refractivity contribution in [2.24, 2.45) is 18.7 Å². The number of nitrogens with two attached hydrogens (primary N) is 1. The molecule has 160 valence electrons. The summed E-state index contributed by atoms with van der Waals surface area (Å²) in [6.07, 6.45) is 10.2. The standard InChI is InChI=1S/C19H32N4O3S.ClH/c1-22-14-16(27(25,26)23-10-6-3-7-11-23)12-18(22)19(24)21-17(13-20)15-8-4-2-5-9-15;/h12,14-15,17H,2-11,13,20H2,1H3,(H,21,24);1H. The minimum absolute atomic E-state index is 0. The van der Waals surface area contributed by atoms with Crippen LogP contribution in [0.15, 0.2) is 17.2 Å². The van der Waals surface area contributed by atoms with Crippen molar-refractivity contribution in [2.75, 3.05) is 19.6 Å². The number of carbonyl (C=O) groups is 1. The van der Waals surface area contributed by atoms with Crippen molar-refractivity contribution in [2.45, 2.75) is 62.3 Å². The summed E-state index contributed by atoms with van der Waals surface area (Å²) in [5.41, 5.74) is 6.28. The minimum Gasteiger partial charge on any atom is -0.346 e. The van der Waals surface area contributed by atoms with Crippen molar-refractivity contribution in [3.05, 3.63) is 18.0 Å². The average molecular weight is 433 g/mol. The van der Waals surface area contributed by atoms with Crippen molar-refractivity contribution in [3.63, 3.8) is 0 Å².